The van der Waals surface area contributed by atoms with E-state index in [4.69, 9.17) is 15.6 Å². The summed E-state index contributed by atoms with van der Waals surface area (Å²) >= 11 is 0. The normalized spacial score (nSPS) is 12.8. The molecule has 1 N–H and O–H groups in total. The highest BCUT2D eigenvalue weighted by Crippen LogP contribution is 2.47. The van der Waals surface area contributed by atoms with Crippen molar-refractivity contribution in [1.82, 2.24) is 14.2 Å². The van der Waals surface area contributed by atoms with Crippen LogP contribution in [0.25, 0.3) is 4.85 Å². The van der Waals surface area contributed by atoms with Gasteiger partial charge in [0.1, 0.15) is 12.4 Å². The van der Waals surface area contributed by atoms with Crippen LogP contribution in [0.2, 0.25) is 0 Å². The Hall–Kier alpha value is -2.28. The first kappa shape index (κ1) is 31.7. The van der Waals surface area contributed by atoms with Gasteiger partial charge in [-0.1, -0.05) is 25.1 Å². The summed E-state index contributed by atoms with van der Waals surface area (Å²) in [6.45, 7) is 20.0. The number of carbonyl (C=O) groups is 1. The number of aryl methyl sites for hydroxylation is 1. The summed E-state index contributed by atoms with van der Waals surface area (Å²) in [5.41, 5.74) is 0.692. The fourth-order valence-electron chi connectivity index (χ4n) is 3.50. The lowest BCUT2D eigenvalue weighted by molar-refractivity contribution is 0.102. The van der Waals surface area contributed by atoms with Gasteiger partial charge in [0.25, 0.3) is 14.4 Å². The maximum absolute atomic E-state index is 12.8. The van der Waals surface area contributed by atoms with E-state index < -0.39 is 14.2 Å². The van der Waals surface area contributed by atoms with Crippen molar-refractivity contribution in [1.29, 1.82) is 0 Å². The van der Waals surface area contributed by atoms with Gasteiger partial charge in [0.05, 0.1) is 12.6 Å². The van der Waals surface area contributed by atoms with Crippen molar-refractivity contribution in [2.75, 3.05) is 18.5 Å². The number of nitrogens with one attached hydrogen (secondary N) is 1. The second-order valence-corrected chi connectivity index (χ2v) is 10.1. The van der Waals surface area contributed by atoms with Crippen LogP contribution in [0.3, 0.4) is 0 Å². The van der Waals surface area contributed by atoms with Gasteiger partial charge in [0, 0.05) is 29.4 Å². The number of anilines is 1. The third-order valence-electron chi connectivity index (χ3n) is 5.19. The lowest BCUT2D eigenvalue weighted by Gasteiger charge is -2.37. The molecular formula is C25H38N5O4PS. The molecule has 0 saturated heterocycles. The van der Waals surface area contributed by atoms with Crippen LogP contribution in [-0.2, 0) is 15.6 Å². The highest BCUT2D eigenvalue weighted by molar-refractivity contribution is 7.59. The standard InChI is InChI=1S/C25H36N5O4P.H2S/c1-8-22(34-35(33-15-14-26-7)30(18(2)3)19(4)5)17-29-16-20(6)23(28-25(29)32)27-24(31)21-12-10-9-11-13-21;/h9-13,16,18-19,22H,8,14-15,17H2,1-6H3,(H,27,28,31,32);1H2. The van der Waals surface area contributed by atoms with Gasteiger partial charge in [-0.15, -0.1) is 0 Å². The quantitative estimate of drug-likeness (QED) is 0.221. The van der Waals surface area contributed by atoms with Crippen molar-refractivity contribution in [2.45, 2.75) is 72.7 Å². The molecule has 0 aliphatic rings. The Morgan fingerprint density at radius 2 is 1.86 bits per heavy atom. The molecule has 2 aromatic rings. The molecule has 11 heteroatoms. The van der Waals surface area contributed by atoms with Gasteiger partial charge in [-0.2, -0.15) is 18.5 Å². The van der Waals surface area contributed by atoms with Crippen molar-refractivity contribution in [3.8, 4) is 0 Å². The van der Waals surface area contributed by atoms with Gasteiger partial charge in [-0.25, -0.2) is 16.0 Å². The average Bonchev–Trinajstić information content (AvgIpc) is 2.81. The monoisotopic (exact) mass is 535 g/mol. The zero-order valence-corrected chi connectivity index (χ0v) is 23.8. The van der Waals surface area contributed by atoms with Crippen LogP contribution in [0.15, 0.2) is 41.3 Å². The Kier molecular flexibility index (Phi) is 13.9. The first-order valence-electron chi connectivity index (χ1n) is 11.8. The summed E-state index contributed by atoms with van der Waals surface area (Å²) in [7, 11) is -1.42. The molecule has 36 heavy (non-hydrogen) atoms. The predicted molar refractivity (Wildman–Crippen MR) is 150 cm³/mol. The highest BCUT2D eigenvalue weighted by atomic mass is 32.1. The van der Waals surface area contributed by atoms with E-state index in [0.29, 0.717) is 24.1 Å². The second-order valence-electron chi connectivity index (χ2n) is 8.68. The van der Waals surface area contributed by atoms with Crippen LogP contribution in [0.4, 0.5) is 5.82 Å². The van der Waals surface area contributed by atoms with Crippen LogP contribution in [0.1, 0.15) is 57.0 Å². The van der Waals surface area contributed by atoms with Crippen LogP contribution in [-0.4, -0.2) is 51.5 Å². The Bertz CT molecular complexity index is 1050. The Morgan fingerprint density at radius 1 is 1.22 bits per heavy atom. The molecule has 0 aliphatic carbocycles. The summed E-state index contributed by atoms with van der Waals surface area (Å²) in [5.74, 6) is -0.0811. The fraction of sp³-hybridized carbons (Fsp3) is 0.520. The molecule has 0 aliphatic heterocycles. The molecule has 1 amide bonds. The highest BCUT2D eigenvalue weighted by Gasteiger charge is 2.30. The predicted octanol–water partition coefficient (Wildman–Crippen LogP) is 4.99. The van der Waals surface area contributed by atoms with Gasteiger partial charge in [-0.3, -0.25) is 9.36 Å². The number of amides is 1. The van der Waals surface area contributed by atoms with Crippen molar-refractivity contribution >= 4 is 33.7 Å². The number of hydrogen-bond acceptors (Lipinski definition) is 6. The van der Waals surface area contributed by atoms with E-state index in [1.54, 1.807) is 37.4 Å². The molecule has 0 bridgehead atoms. The second kappa shape index (κ2) is 15.7. The van der Waals surface area contributed by atoms with Crippen molar-refractivity contribution < 1.29 is 13.8 Å². The third kappa shape index (κ3) is 9.30. The Labute approximate surface area is 222 Å². The van der Waals surface area contributed by atoms with Crippen molar-refractivity contribution in [3.63, 3.8) is 0 Å². The van der Waals surface area contributed by atoms with Gasteiger partial charge in [0.2, 0.25) is 6.54 Å². The summed E-state index contributed by atoms with van der Waals surface area (Å²) < 4.78 is 16.1. The van der Waals surface area contributed by atoms with Gasteiger partial charge >= 0.3 is 5.69 Å². The smallest absolute Gasteiger partial charge is 0.317 e. The molecule has 0 fully saturated rings. The maximum atomic E-state index is 12.8. The molecule has 1 aromatic heterocycles. The zero-order chi connectivity index (χ0) is 26.0. The first-order valence-corrected chi connectivity index (χ1v) is 13.0. The fourth-order valence-corrected chi connectivity index (χ4v) is 5.26. The number of carbonyl (C=O) groups excluding carboxylic acids is 1. The number of rotatable bonds is 13. The molecule has 2 atom stereocenters. The number of benzene rings is 1. The van der Waals surface area contributed by atoms with E-state index in [0.717, 1.165) is 0 Å². The molecule has 1 aromatic carbocycles. The molecule has 9 nitrogen and oxygen atoms in total. The van der Waals surface area contributed by atoms with E-state index in [1.165, 1.54) is 4.57 Å². The number of hydrogen-bond donors (Lipinski definition) is 1. The Balaban J connectivity index is 0.00000648. The minimum Gasteiger partial charge on any atom is -0.317 e. The first-order chi connectivity index (χ1) is 16.7. The SMILES string of the molecule is S.[C-]#[N+]CCOP(OC(CC)Cn1cc(C)c(NC(=O)c2ccccc2)nc1=O)N(C(C)C)C(C)C. The van der Waals surface area contributed by atoms with Gasteiger partial charge < -0.3 is 19.2 Å². The lowest BCUT2D eigenvalue weighted by atomic mass is 10.2. The molecule has 2 unspecified atom stereocenters. The molecular weight excluding hydrogens is 497 g/mol. The van der Waals surface area contributed by atoms with E-state index >= 15 is 0 Å². The maximum Gasteiger partial charge on any atom is 0.349 e. The largest absolute Gasteiger partial charge is 0.349 e. The molecule has 198 valence electrons. The topological polar surface area (TPSA) is 90.0 Å². The minimum absolute atomic E-state index is 0. The van der Waals surface area contributed by atoms with Gasteiger partial charge in [-0.05, 0) is 53.2 Å². The van der Waals surface area contributed by atoms with E-state index in [-0.39, 0.29) is 56.6 Å². The summed E-state index contributed by atoms with van der Waals surface area (Å²) in [6.07, 6.45) is 2.05. The number of nitrogens with zero attached hydrogens (tertiary/aromatic N) is 4. The number of aromatic nitrogens is 2. The van der Waals surface area contributed by atoms with Crippen LogP contribution >= 0.6 is 22.0 Å². The molecule has 2 rings (SSSR count). The summed E-state index contributed by atoms with van der Waals surface area (Å²) in [4.78, 5) is 32.7. The van der Waals surface area contributed by atoms with Gasteiger partial charge in [0.15, 0.2) is 0 Å². The van der Waals surface area contributed by atoms with Crippen LogP contribution in [0, 0.1) is 13.5 Å². The molecule has 0 saturated carbocycles. The third-order valence-corrected chi connectivity index (χ3v) is 7.37. The van der Waals surface area contributed by atoms with E-state index in [9.17, 15) is 9.59 Å². The Morgan fingerprint density at radius 3 is 2.42 bits per heavy atom. The van der Waals surface area contributed by atoms with Crippen LogP contribution < -0.4 is 11.0 Å². The van der Waals surface area contributed by atoms with Crippen molar-refractivity contribution in [2.24, 2.45) is 0 Å². The van der Waals surface area contributed by atoms with Crippen LogP contribution in [0.5, 0.6) is 0 Å². The minimum atomic E-state index is -1.42. The molecule has 0 radical (unpaired) electrons. The molecule has 1 heterocycles. The van der Waals surface area contributed by atoms with Crippen molar-refractivity contribution in [3.05, 3.63) is 69.6 Å². The summed E-state index contributed by atoms with van der Waals surface area (Å²) in [6, 6.07) is 9.15. The van der Waals surface area contributed by atoms with E-state index in [1.807, 2.05) is 13.0 Å². The lowest BCUT2D eigenvalue weighted by Crippen LogP contribution is -2.36. The average molecular weight is 536 g/mol. The van der Waals surface area contributed by atoms with E-state index in [2.05, 4.69) is 47.5 Å². The zero-order valence-electron chi connectivity index (χ0n) is 21.9. The summed E-state index contributed by atoms with van der Waals surface area (Å²) in [5, 5.41) is 2.72. The molecule has 0 spiro atoms.